The van der Waals surface area contributed by atoms with Crippen LogP contribution in [0.25, 0.3) is 11.0 Å². The highest BCUT2D eigenvalue weighted by atomic mass is 127. The van der Waals surface area contributed by atoms with Crippen LogP contribution in [0, 0.1) is 6.92 Å². The van der Waals surface area contributed by atoms with E-state index in [1.807, 2.05) is 25.1 Å². The van der Waals surface area contributed by atoms with E-state index >= 15 is 0 Å². The van der Waals surface area contributed by atoms with Crippen molar-refractivity contribution < 1.29 is 4.79 Å². The van der Waals surface area contributed by atoms with Gasteiger partial charge in [-0.05, 0) is 31.9 Å². The van der Waals surface area contributed by atoms with Crippen molar-refractivity contribution in [1.82, 2.24) is 25.1 Å². The second-order valence-corrected chi connectivity index (χ2v) is 6.46. The lowest BCUT2D eigenvalue weighted by atomic mass is 10.3. The third-order valence-electron chi connectivity index (χ3n) is 4.11. The van der Waals surface area contributed by atoms with Crippen LogP contribution < -0.4 is 10.6 Å². The summed E-state index contributed by atoms with van der Waals surface area (Å²) in [6.45, 7) is 6.78. The van der Waals surface area contributed by atoms with Gasteiger partial charge in [0.05, 0.1) is 11.0 Å². The molecule has 0 aliphatic heterocycles. The maximum absolute atomic E-state index is 11.7. The van der Waals surface area contributed by atoms with Gasteiger partial charge in [-0.15, -0.1) is 24.0 Å². The molecule has 0 fully saturated rings. The van der Waals surface area contributed by atoms with Gasteiger partial charge in [-0.2, -0.15) is 0 Å². The predicted molar refractivity (Wildman–Crippen MR) is 122 cm³/mol. The van der Waals surface area contributed by atoms with Gasteiger partial charge in [0.1, 0.15) is 12.4 Å². The number of aryl methyl sites for hydroxylation is 2. The van der Waals surface area contributed by atoms with Crippen LogP contribution in [-0.4, -0.2) is 60.0 Å². The summed E-state index contributed by atoms with van der Waals surface area (Å²) < 4.78 is 2.24. The normalized spacial score (nSPS) is 11.2. The highest BCUT2D eigenvalue weighted by molar-refractivity contribution is 14.0. The van der Waals surface area contributed by atoms with E-state index in [1.165, 1.54) is 5.52 Å². The van der Waals surface area contributed by atoms with Gasteiger partial charge in [0, 0.05) is 33.7 Å². The minimum atomic E-state index is -0.0110. The lowest BCUT2D eigenvalue weighted by Gasteiger charge is -2.14. The number of benzene rings is 1. The predicted octanol–water partition coefficient (Wildman–Crippen LogP) is 2.39. The number of amides is 1. The third-order valence-corrected chi connectivity index (χ3v) is 4.11. The first-order chi connectivity index (χ1) is 12.5. The Bertz CT molecular complexity index is 756. The highest BCUT2D eigenvalue weighted by Gasteiger charge is 2.07. The molecule has 1 aromatic heterocycles. The van der Waals surface area contributed by atoms with Crippen LogP contribution in [0.3, 0.4) is 0 Å². The van der Waals surface area contributed by atoms with Gasteiger partial charge in [0.15, 0.2) is 5.96 Å². The van der Waals surface area contributed by atoms with Crippen LogP contribution in [0.4, 0.5) is 0 Å². The molecule has 0 atom stereocenters. The highest BCUT2D eigenvalue weighted by Crippen LogP contribution is 2.15. The zero-order valence-corrected chi connectivity index (χ0v) is 19.0. The molecule has 1 aromatic carbocycles. The van der Waals surface area contributed by atoms with Gasteiger partial charge < -0.3 is 20.1 Å². The van der Waals surface area contributed by atoms with Crippen LogP contribution in [0.5, 0.6) is 0 Å². The molecule has 0 spiro atoms. The SMILES string of the molecule is CCCNC(=NCC(=O)N(C)C)NCCCn1c(C)nc2ccccc21.I. The Labute approximate surface area is 178 Å². The molecular formula is C19H31IN6O. The van der Waals surface area contributed by atoms with Gasteiger partial charge in [-0.1, -0.05) is 19.1 Å². The summed E-state index contributed by atoms with van der Waals surface area (Å²) in [7, 11) is 3.48. The van der Waals surface area contributed by atoms with E-state index < -0.39 is 0 Å². The Morgan fingerprint density at radius 1 is 1.22 bits per heavy atom. The summed E-state index contributed by atoms with van der Waals surface area (Å²) in [5.74, 6) is 1.71. The molecule has 0 saturated carbocycles. The number of guanidine groups is 1. The lowest BCUT2D eigenvalue weighted by Crippen LogP contribution is -2.39. The summed E-state index contributed by atoms with van der Waals surface area (Å²) in [6.07, 6.45) is 1.94. The van der Waals surface area contributed by atoms with Gasteiger partial charge >= 0.3 is 0 Å². The molecule has 0 aliphatic rings. The summed E-state index contributed by atoms with van der Waals surface area (Å²) in [6, 6.07) is 8.20. The van der Waals surface area contributed by atoms with E-state index in [2.05, 4.69) is 38.2 Å². The zero-order chi connectivity index (χ0) is 18.9. The molecule has 0 radical (unpaired) electrons. The third kappa shape index (κ3) is 7.00. The smallest absolute Gasteiger partial charge is 0.243 e. The monoisotopic (exact) mass is 486 g/mol. The average Bonchev–Trinajstić information content (AvgIpc) is 2.95. The van der Waals surface area contributed by atoms with E-state index in [0.29, 0.717) is 5.96 Å². The first kappa shape index (κ1) is 23.2. The molecule has 0 saturated heterocycles. The van der Waals surface area contributed by atoms with Crippen molar-refractivity contribution in [3.05, 3.63) is 30.1 Å². The van der Waals surface area contributed by atoms with Gasteiger partial charge in [-0.3, -0.25) is 4.79 Å². The molecule has 7 nitrogen and oxygen atoms in total. The number of imidazole rings is 1. The van der Waals surface area contributed by atoms with Gasteiger partial charge in [0.2, 0.25) is 5.91 Å². The fourth-order valence-electron chi connectivity index (χ4n) is 2.63. The minimum absolute atomic E-state index is 0. The van der Waals surface area contributed by atoms with Crippen molar-refractivity contribution in [2.24, 2.45) is 4.99 Å². The van der Waals surface area contributed by atoms with E-state index in [9.17, 15) is 4.79 Å². The molecule has 0 aliphatic carbocycles. The summed E-state index contributed by atoms with van der Waals surface area (Å²) >= 11 is 0. The Morgan fingerprint density at radius 3 is 2.63 bits per heavy atom. The number of halogens is 1. The fourth-order valence-corrected chi connectivity index (χ4v) is 2.63. The van der Waals surface area contributed by atoms with Crippen molar-refractivity contribution in [2.45, 2.75) is 33.2 Å². The number of aromatic nitrogens is 2. The summed E-state index contributed by atoms with van der Waals surface area (Å²) in [5.41, 5.74) is 2.20. The quantitative estimate of drug-likeness (QED) is 0.260. The number of hydrogen-bond donors (Lipinski definition) is 2. The summed E-state index contributed by atoms with van der Waals surface area (Å²) in [5, 5.41) is 6.56. The number of carbonyl (C=O) groups excluding carboxylic acids is 1. The molecule has 1 heterocycles. The molecule has 2 N–H and O–H groups in total. The first-order valence-electron chi connectivity index (χ1n) is 9.17. The zero-order valence-electron chi connectivity index (χ0n) is 16.7. The average molecular weight is 486 g/mol. The number of aliphatic imine (C=N–C) groups is 1. The molecule has 0 bridgehead atoms. The number of carbonyl (C=O) groups is 1. The number of nitrogens with one attached hydrogen (secondary N) is 2. The number of likely N-dealkylation sites (N-methyl/N-ethyl adjacent to an activating group) is 1. The Morgan fingerprint density at radius 2 is 1.93 bits per heavy atom. The van der Waals surface area contributed by atoms with Crippen LogP contribution in [0.2, 0.25) is 0 Å². The van der Waals surface area contributed by atoms with Crippen molar-refractivity contribution in [3.63, 3.8) is 0 Å². The van der Waals surface area contributed by atoms with Crippen LogP contribution >= 0.6 is 24.0 Å². The van der Waals surface area contributed by atoms with Crippen LogP contribution in [0.1, 0.15) is 25.6 Å². The number of fused-ring (bicyclic) bond motifs is 1. The van der Waals surface area contributed by atoms with Crippen molar-refractivity contribution in [3.8, 4) is 0 Å². The number of para-hydroxylation sites is 2. The summed E-state index contributed by atoms with van der Waals surface area (Å²) in [4.78, 5) is 22.2. The fraction of sp³-hybridized carbons (Fsp3) is 0.526. The molecule has 8 heteroatoms. The minimum Gasteiger partial charge on any atom is -0.356 e. The standard InChI is InChI=1S/C19H30N6O.HI/c1-5-11-20-19(22-14-18(26)24(3)4)21-12-8-13-25-15(2)23-16-9-6-7-10-17(16)25;/h6-7,9-10H,5,8,11-14H2,1-4H3,(H2,20,21,22);1H. The second-order valence-electron chi connectivity index (χ2n) is 6.46. The maximum Gasteiger partial charge on any atom is 0.243 e. The Kier molecular flexibility index (Phi) is 10.1. The van der Waals surface area contributed by atoms with Crippen molar-refractivity contribution in [2.75, 3.05) is 33.7 Å². The molecule has 0 unspecified atom stereocenters. The van der Waals surface area contributed by atoms with Crippen LogP contribution in [0.15, 0.2) is 29.3 Å². The van der Waals surface area contributed by atoms with Gasteiger partial charge in [-0.25, -0.2) is 9.98 Å². The van der Waals surface area contributed by atoms with Crippen molar-refractivity contribution >= 4 is 46.9 Å². The van der Waals surface area contributed by atoms with Gasteiger partial charge in [0.25, 0.3) is 0 Å². The Balaban J connectivity index is 0.00000364. The number of hydrogen-bond acceptors (Lipinski definition) is 3. The molecule has 2 aromatic rings. The van der Waals surface area contributed by atoms with E-state index in [-0.39, 0.29) is 36.4 Å². The number of rotatable bonds is 8. The topological polar surface area (TPSA) is 74.6 Å². The largest absolute Gasteiger partial charge is 0.356 e. The molecular weight excluding hydrogens is 455 g/mol. The molecule has 1 amide bonds. The molecule has 150 valence electrons. The van der Waals surface area contributed by atoms with Crippen molar-refractivity contribution in [1.29, 1.82) is 0 Å². The Hall–Kier alpha value is -1.84. The molecule has 27 heavy (non-hydrogen) atoms. The molecule has 2 rings (SSSR count). The maximum atomic E-state index is 11.7. The van der Waals surface area contributed by atoms with E-state index in [4.69, 9.17) is 0 Å². The second kappa shape index (κ2) is 11.8. The number of nitrogens with zero attached hydrogens (tertiary/aromatic N) is 4. The van der Waals surface area contributed by atoms with Crippen LogP contribution in [-0.2, 0) is 11.3 Å². The van der Waals surface area contributed by atoms with E-state index in [1.54, 1.807) is 19.0 Å². The van der Waals surface area contributed by atoms with E-state index in [0.717, 1.165) is 43.8 Å². The lowest BCUT2D eigenvalue weighted by molar-refractivity contribution is -0.127. The first-order valence-corrected chi connectivity index (χ1v) is 9.17.